The quantitative estimate of drug-likeness (QED) is 0.586. The lowest BCUT2D eigenvalue weighted by atomic mass is 9.72. The van der Waals surface area contributed by atoms with Gasteiger partial charge < -0.3 is 0 Å². The molecule has 1 nitrogen and oxygen atoms in total. The summed E-state index contributed by atoms with van der Waals surface area (Å²) in [5.74, 6) is 1.03. The zero-order valence-electron chi connectivity index (χ0n) is 7.86. The molecule has 2 bridgehead atoms. The number of fused-ring (bicyclic) bond motifs is 2. The number of ketones is 1. The number of hydrogen-bond donors (Lipinski definition) is 0. The predicted octanol–water partition coefficient (Wildman–Crippen LogP) is 2.78. The van der Waals surface area contributed by atoms with Crippen molar-refractivity contribution in [2.75, 3.05) is 0 Å². The van der Waals surface area contributed by atoms with Crippen LogP contribution in [0.5, 0.6) is 0 Å². The zero-order chi connectivity index (χ0) is 9.15. The second-order valence-corrected chi connectivity index (χ2v) is 6.00. The van der Waals surface area contributed by atoms with Gasteiger partial charge in [0.25, 0.3) is 0 Å². The molecule has 2 heteroatoms. The lowest BCUT2D eigenvalue weighted by Gasteiger charge is -2.30. The number of alkyl halides is 1. The van der Waals surface area contributed by atoms with E-state index in [-0.39, 0.29) is 10.8 Å². The Labute approximate surface area is 82.0 Å². The summed E-state index contributed by atoms with van der Waals surface area (Å²) in [4.78, 5) is 12.4. The first kappa shape index (κ1) is 8.74. The molecule has 0 N–H and O–H groups in total. The molecule has 0 radical (unpaired) electrons. The van der Waals surface area contributed by atoms with E-state index in [9.17, 15) is 4.79 Å². The van der Waals surface area contributed by atoms with E-state index in [1.165, 1.54) is 6.42 Å². The Bertz CT molecular complexity index is 246. The lowest BCUT2D eigenvalue weighted by molar-refractivity contribution is -0.134. The maximum absolute atomic E-state index is 12.0. The van der Waals surface area contributed by atoms with Crippen LogP contribution in [0.1, 0.15) is 33.6 Å². The fraction of sp³-hybridized carbons (Fsp3) is 0.900. The number of carbonyl (C=O) groups excluding carboxylic acids is 1. The van der Waals surface area contributed by atoms with Gasteiger partial charge in [0.15, 0.2) is 0 Å². The van der Waals surface area contributed by atoms with Gasteiger partial charge in [-0.3, -0.25) is 4.79 Å². The monoisotopic (exact) mass is 230 g/mol. The molecular weight excluding hydrogens is 216 g/mol. The molecular formula is C10H15BrO. The summed E-state index contributed by atoms with van der Waals surface area (Å²) in [5.41, 5.74) is -0.144. The summed E-state index contributed by atoms with van der Waals surface area (Å²) in [6, 6.07) is 0. The molecule has 3 atom stereocenters. The van der Waals surface area contributed by atoms with E-state index in [0.29, 0.717) is 16.5 Å². The van der Waals surface area contributed by atoms with Crippen LogP contribution in [0.4, 0.5) is 0 Å². The molecule has 2 rings (SSSR count). The van der Waals surface area contributed by atoms with Crippen LogP contribution in [0.25, 0.3) is 0 Å². The average Bonchev–Trinajstić information content (AvgIpc) is 2.32. The van der Waals surface area contributed by atoms with Crippen LogP contribution < -0.4 is 0 Å². The van der Waals surface area contributed by atoms with Crippen molar-refractivity contribution in [3.63, 3.8) is 0 Å². The Balaban J connectivity index is 2.48. The SMILES string of the molecule is CC1(C)C(=O)C2(C)CCC1[C@@H]2Br. The van der Waals surface area contributed by atoms with Crippen LogP contribution >= 0.6 is 15.9 Å². The lowest BCUT2D eigenvalue weighted by Crippen LogP contribution is -2.35. The van der Waals surface area contributed by atoms with Gasteiger partial charge in [-0.2, -0.15) is 0 Å². The molecule has 2 fully saturated rings. The Hall–Kier alpha value is 0.150. The highest BCUT2D eigenvalue weighted by Gasteiger charge is 2.64. The van der Waals surface area contributed by atoms with E-state index in [0.717, 1.165) is 6.42 Å². The molecule has 0 saturated heterocycles. The van der Waals surface area contributed by atoms with Gasteiger partial charge in [0.1, 0.15) is 5.78 Å². The molecule has 2 saturated carbocycles. The summed E-state index contributed by atoms with van der Waals surface area (Å²) in [5, 5.41) is 0. The van der Waals surface area contributed by atoms with Crippen LogP contribution in [-0.2, 0) is 4.79 Å². The number of rotatable bonds is 0. The third-order valence-electron chi connectivity index (χ3n) is 3.97. The summed E-state index contributed by atoms with van der Waals surface area (Å²) in [7, 11) is 0. The summed E-state index contributed by atoms with van der Waals surface area (Å²) in [6.07, 6.45) is 2.29. The van der Waals surface area contributed by atoms with Crippen molar-refractivity contribution >= 4 is 21.7 Å². The molecule has 68 valence electrons. The largest absolute Gasteiger partial charge is 0.298 e. The van der Waals surface area contributed by atoms with Crippen LogP contribution in [0.3, 0.4) is 0 Å². The molecule has 0 spiro atoms. The van der Waals surface area contributed by atoms with Crippen LogP contribution in [0.2, 0.25) is 0 Å². The van der Waals surface area contributed by atoms with Gasteiger partial charge in [0, 0.05) is 15.7 Å². The number of halogens is 1. The van der Waals surface area contributed by atoms with Crippen molar-refractivity contribution in [3.05, 3.63) is 0 Å². The second kappa shape index (κ2) is 2.14. The minimum atomic E-state index is -0.0822. The molecule has 0 aliphatic heterocycles. The predicted molar refractivity (Wildman–Crippen MR) is 52.3 cm³/mol. The van der Waals surface area contributed by atoms with Crippen molar-refractivity contribution in [2.24, 2.45) is 16.7 Å². The molecule has 0 heterocycles. The molecule has 0 aromatic carbocycles. The van der Waals surface area contributed by atoms with Crippen LogP contribution in [-0.4, -0.2) is 10.6 Å². The van der Waals surface area contributed by atoms with Crippen LogP contribution in [0.15, 0.2) is 0 Å². The third-order valence-corrected chi connectivity index (χ3v) is 5.62. The zero-order valence-corrected chi connectivity index (χ0v) is 9.44. The highest BCUT2D eigenvalue weighted by atomic mass is 79.9. The molecule has 2 aliphatic carbocycles. The average molecular weight is 231 g/mol. The Morgan fingerprint density at radius 1 is 1.42 bits per heavy atom. The Morgan fingerprint density at radius 3 is 2.25 bits per heavy atom. The first-order valence-corrected chi connectivity index (χ1v) is 5.51. The van der Waals surface area contributed by atoms with E-state index >= 15 is 0 Å². The van der Waals surface area contributed by atoms with Gasteiger partial charge in [-0.25, -0.2) is 0 Å². The second-order valence-electron chi connectivity index (χ2n) is 5.02. The molecule has 2 unspecified atom stereocenters. The number of hydrogen-bond acceptors (Lipinski definition) is 1. The van der Waals surface area contributed by atoms with E-state index in [4.69, 9.17) is 0 Å². The van der Waals surface area contributed by atoms with Gasteiger partial charge in [-0.1, -0.05) is 36.7 Å². The standard InChI is InChI=1S/C10H15BrO/c1-9(2)6-4-5-10(3,7(6)11)8(9)12/h6-7H,4-5H2,1-3H3/t6?,7-,10?/m0/s1. The molecule has 12 heavy (non-hydrogen) atoms. The highest BCUT2D eigenvalue weighted by molar-refractivity contribution is 9.09. The molecule has 0 amide bonds. The Morgan fingerprint density at radius 2 is 2.00 bits per heavy atom. The first-order chi connectivity index (χ1) is 5.40. The number of Topliss-reactive ketones (excluding diaryl/α,β-unsaturated/α-hetero) is 1. The summed E-state index contributed by atoms with van der Waals surface area (Å²) < 4.78 is 0. The fourth-order valence-corrected chi connectivity index (χ4v) is 4.42. The fourth-order valence-electron chi connectivity index (χ4n) is 3.05. The van der Waals surface area contributed by atoms with Gasteiger partial charge >= 0.3 is 0 Å². The van der Waals surface area contributed by atoms with E-state index in [1.54, 1.807) is 0 Å². The van der Waals surface area contributed by atoms with Crippen molar-refractivity contribution in [3.8, 4) is 0 Å². The van der Waals surface area contributed by atoms with Gasteiger partial charge in [0.05, 0.1) is 0 Å². The Kier molecular flexibility index (Phi) is 1.56. The van der Waals surface area contributed by atoms with Gasteiger partial charge in [-0.15, -0.1) is 0 Å². The summed E-state index contributed by atoms with van der Waals surface area (Å²) >= 11 is 3.68. The maximum Gasteiger partial charge on any atom is 0.145 e. The minimum absolute atomic E-state index is 0.0613. The molecule has 2 aliphatic rings. The van der Waals surface area contributed by atoms with Crippen molar-refractivity contribution in [1.82, 2.24) is 0 Å². The minimum Gasteiger partial charge on any atom is -0.298 e. The molecule has 0 aromatic rings. The van der Waals surface area contributed by atoms with E-state index in [1.807, 2.05) is 0 Å². The van der Waals surface area contributed by atoms with Gasteiger partial charge in [0.2, 0.25) is 0 Å². The van der Waals surface area contributed by atoms with Crippen molar-refractivity contribution < 1.29 is 4.79 Å². The normalized spacial score (nSPS) is 50.2. The summed E-state index contributed by atoms with van der Waals surface area (Å²) in [6.45, 7) is 6.31. The molecule has 0 aromatic heterocycles. The van der Waals surface area contributed by atoms with Crippen LogP contribution in [0, 0.1) is 16.7 Å². The van der Waals surface area contributed by atoms with Gasteiger partial charge in [-0.05, 0) is 18.8 Å². The highest BCUT2D eigenvalue weighted by Crippen LogP contribution is 2.62. The van der Waals surface area contributed by atoms with Crippen molar-refractivity contribution in [1.29, 1.82) is 0 Å². The van der Waals surface area contributed by atoms with E-state index in [2.05, 4.69) is 36.7 Å². The van der Waals surface area contributed by atoms with Crippen molar-refractivity contribution in [2.45, 2.75) is 38.4 Å². The first-order valence-electron chi connectivity index (χ1n) is 4.59. The van der Waals surface area contributed by atoms with E-state index < -0.39 is 0 Å². The maximum atomic E-state index is 12.0. The topological polar surface area (TPSA) is 17.1 Å². The smallest absolute Gasteiger partial charge is 0.145 e. The third kappa shape index (κ3) is 0.729. The number of carbonyl (C=O) groups is 1.